The number of anilines is 2. The monoisotopic (exact) mass is 305 g/mol. The largest absolute Gasteiger partial charge is 0.478 e. The number of carbonyl (C=O) groups excluding carboxylic acids is 2. The molecule has 8 heteroatoms. The smallest absolute Gasteiger partial charge is 0.335 e. The summed E-state index contributed by atoms with van der Waals surface area (Å²) in [5, 5.41) is 15.7. The zero-order valence-corrected chi connectivity index (χ0v) is 11.7. The van der Waals surface area contributed by atoms with Crippen LogP contribution in [0, 0.1) is 0 Å². The average Bonchev–Trinajstić information content (AvgIpc) is 2.87. The Labute approximate surface area is 123 Å². The lowest BCUT2D eigenvalue weighted by Gasteiger charge is -2.03. The van der Waals surface area contributed by atoms with Gasteiger partial charge in [0.2, 0.25) is 5.91 Å². The van der Waals surface area contributed by atoms with Gasteiger partial charge in [-0.3, -0.25) is 9.59 Å². The number of nitrogens with zero attached hydrogens (tertiary/aromatic N) is 1. The van der Waals surface area contributed by atoms with E-state index in [2.05, 4.69) is 15.6 Å². The number of benzene rings is 1. The minimum absolute atomic E-state index is 0.134. The van der Waals surface area contributed by atoms with Crippen molar-refractivity contribution in [1.82, 2.24) is 4.98 Å². The van der Waals surface area contributed by atoms with Crippen molar-refractivity contribution in [2.75, 3.05) is 10.6 Å². The molecule has 7 nitrogen and oxygen atoms in total. The molecule has 108 valence electrons. The number of hydrogen-bond donors (Lipinski definition) is 3. The number of amides is 2. The zero-order valence-electron chi connectivity index (χ0n) is 10.9. The molecule has 0 spiro atoms. The van der Waals surface area contributed by atoms with E-state index in [1.807, 2.05) is 0 Å². The first-order valence-electron chi connectivity index (χ1n) is 5.83. The minimum Gasteiger partial charge on any atom is -0.478 e. The molecular weight excluding hydrogens is 294 g/mol. The third kappa shape index (κ3) is 3.86. The van der Waals surface area contributed by atoms with E-state index in [1.165, 1.54) is 36.6 Å². The van der Waals surface area contributed by atoms with Crippen molar-refractivity contribution in [2.45, 2.75) is 6.92 Å². The Hall–Kier alpha value is -2.74. The molecule has 0 unspecified atom stereocenters. The molecule has 2 amide bonds. The van der Waals surface area contributed by atoms with Gasteiger partial charge >= 0.3 is 5.97 Å². The minimum atomic E-state index is -1.03. The normalized spacial score (nSPS) is 9.95. The van der Waals surface area contributed by atoms with Crippen molar-refractivity contribution in [3.63, 3.8) is 0 Å². The topological polar surface area (TPSA) is 108 Å². The summed E-state index contributed by atoms with van der Waals surface area (Å²) < 4.78 is 0. The Morgan fingerprint density at radius 2 is 1.81 bits per heavy atom. The van der Waals surface area contributed by atoms with E-state index in [0.29, 0.717) is 10.8 Å². The summed E-state index contributed by atoms with van der Waals surface area (Å²) in [5.41, 5.74) is 0.764. The summed E-state index contributed by atoms with van der Waals surface area (Å²) >= 11 is 1.14. The second-order valence-electron chi connectivity index (χ2n) is 4.06. The Kier molecular flexibility index (Phi) is 4.29. The van der Waals surface area contributed by atoms with Gasteiger partial charge in [0.05, 0.1) is 5.56 Å². The second-order valence-corrected chi connectivity index (χ2v) is 4.91. The number of carbonyl (C=O) groups is 3. The Balaban J connectivity index is 2.05. The molecule has 0 aliphatic carbocycles. The highest BCUT2D eigenvalue weighted by Gasteiger charge is 2.12. The standard InChI is InChI=1S/C13H11N3O4S/c1-7(17)14-13-16-10(6-21-13)11(18)15-9-4-2-8(3-5-9)12(19)20/h2-6H,1H3,(H,15,18)(H,19,20)(H,14,16,17). The molecular formula is C13H11N3O4S. The molecule has 1 aromatic carbocycles. The first kappa shape index (κ1) is 14.7. The molecule has 0 aliphatic rings. The summed E-state index contributed by atoms with van der Waals surface area (Å²) in [6, 6.07) is 5.76. The molecule has 0 bridgehead atoms. The van der Waals surface area contributed by atoms with E-state index in [9.17, 15) is 14.4 Å². The van der Waals surface area contributed by atoms with Crippen molar-refractivity contribution in [3.05, 3.63) is 40.9 Å². The van der Waals surface area contributed by atoms with Gasteiger partial charge in [-0.25, -0.2) is 9.78 Å². The van der Waals surface area contributed by atoms with Gasteiger partial charge < -0.3 is 15.7 Å². The van der Waals surface area contributed by atoms with Gasteiger partial charge in [-0.1, -0.05) is 0 Å². The third-order valence-electron chi connectivity index (χ3n) is 2.41. The number of carboxylic acids is 1. The van der Waals surface area contributed by atoms with Crippen molar-refractivity contribution < 1.29 is 19.5 Å². The first-order valence-corrected chi connectivity index (χ1v) is 6.71. The van der Waals surface area contributed by atoms with Crippen LogP contribution >= 0.6 is 11.3 Å². The van der Waals surface area contributed by atoms with Crippen LogP contribution < -0.4 is 10.6 Å². The Bertz CT molecular complexity index is 694. The van der Waals surface area contributed by atoms with Crippen LogP contribution in [0.25, 0.3) is 0 Å². The summed E-state index contributed by atoms with van der Waals surface area (Å²) in [5.74, 6) is -1.74. The lowest BCUT2D eigenvalue weighted by Crippen LogP contribution is -2.13. The van der Waals surface area contributed by atoms with Crippen LogP contribution in [0.15, 0.2) is 29.6 Å². The van der Waals surface area contributed by atoms with Gasteiger partial charge in [0.25, 0.3) is 5.91 Å². The van der Waals surface area contributed by atoms with Gasteiger partial charge in [0, 0.05) is 18.0 Å². The highest BCUT2D eigenvalue weighted by molar-refractivity contribution is 7.14. The maximum absolute atomic E-state index is 11.9. The lowest BCUT2D eigenvalue weighted by molar-refractivity contribution is -0.114. The molecule has 2 rings (SSSR count). The molecule has 1 aromatic heterocycles. The van der Waals surface area contributed by atoms with Crippen LogP contribution in [-0.2, 0) is 4.79 Å². The van der Waals surface area contributed by atoms with E-state index >= 15 is 0 Å². The van der Waals surface area contributed by atoms with Gasteiger partial charge in [0.15, 0.2) is 5.13 Å². The molecule has 2 aromatic rings. The number of nitrogens with one attached hydrogen (secondary N) is 2. The van der Waals surface area contributed by atoms with Crippen LogP contribution in [0.3, 0.4) is 0 Å². The summed E-state index contributed by atoms with van der Waals surface area (Å²) in [6.07, 6.45) is 0. The van der Waals surface area contributed by atoms with E-state index in [4.69, 9.17) is 5.11 Å². The van der Waals surface area contributed by atoms with Gasteiger partial charge in [-0.15, -0.1) is 11.3 Å². The predicted octanol–water partition coefficient (Wildman–Crippen LogP) is 2.05. The lowest BCUT2D eigenvalue weighted by atomic mass is 10.2. The number of aromatic carboxylic acids is 1. The number of carboxylic acid groups (broad SMARTS) is 1. The number of hydrogen-bond acceptors (Lipinski definition) is 5. The van der Waals surface area contributed by atoms with Gasteiger partial charge in [0.1, 0.15) is 5.69 Å². The maximum Gasteiger partial charge on any atom is 0.335 e. The van der Waals surface area contributed by atoms with Crippen LogP contribution in [0.2, 0.25) is 0 Å². The fourth-order valence-corrected chi connectivity index (χ4v) is 2.21. The Morgan fingerprint density at radius 3 is 2.38 bits per heavy atom. The predicted molar refractivity (Wildman–Crippen MR) is 77.8 cm³/mol. The number of thiazole rings is 1. The van der Waals surface area contributed by atoms with E-state index in [-0.39, 0.29) is 17.2 Å². The molecule has 0 fully saturated rings. The van der Waals surface area contributed by atoms with Crippen molar-refractivity contribution in [3.8, 4) is 0 Å². The molecule has 1 heterocycles. The molecule has 21 heavy (non-hydrogen) atoms. The quantitative estimate of drug-likeness (QED) is 0.801. The van der Waals surface area contributed by atoms with Crippen molar-refractivity contribution in [2.24, 2.45) is 0 Å². The summed E-state index contributed by atoms with van der Waals surface area (Å²) in [4.78, 5) is 37.5. The first-order chi connectivity index (χ1) is 9.95. The van der Waals surface area contributed by atoms with Crippen LogP contribution in [0.5, 0.6) is 0 Å². The van der Waals surface area contributed by atoms with Gasteiger partial charge in [-0.2, -0.15) is 0 Å². The maximum atomic E-state index is 11.9. The van der Waals surface area contributed by atoms with Gasteiger partial charge in [-0.05, 0) is 24.3 Å². The third-order valence-corrected chi connectivity index (χ3v) is 3.17. The second kappa shape index (κ2) is 6.14. The van der Waals surface area contributed by atoms with Crippen LogP contribution in [-0.4, -0.2) is 27.9 Å². The highest BCUT2D eigenvalue weighted by atomic mass is 32.1. The van der Waals surface area contributed by atoms with Crippen molar-refractivity contribution in [1.29, 1.82) is 0 Å². The molecule has 3 N–H and O–H groups in total. The molecule has 0 saturated heterocycles. The molecule has 0 saturated carbocycles. The molecule has 0 atom stereocenters. The molecule has 0 aliphatic heterocycles. The fraction of sp³-hybridized carbons (Fsp3) is 0.0769. The Morgan fingerprint density at radius 1 is 1.14 bits per heavy atom. The summed E-state index contributed by atoms with van der Waals surface area (Å²) in [7, 11) is 0. The van der Waals surface area contributed by atoms with Crippen molar-refractivity contribution >= 4 is 39.9 Å². The zero-order chi connectivity index (χ0) is 15.4. The SMILES string of the molecule is CC(=O)Nc1nc(C(=O)Nc2ccc(C(=O)O)cc2)cs1. The van der Waals surface area contributed by atoms with Crippen LogP contribution in [0.1, 0.15) is 27.8 Å². The van der Waals surface area contributed by atoms with E-state index in [1.54, 1.807) is 0 Å². The highest BCUT2D eigenvalue weighted by Crippen LogP contribution is 2.17. The summed E-state index contributed by atoms with van der Waals surface area (Å²) in [6.45, 7) is 1.35. The van der Waals surface area contributed by atoms with Crippen LogP contribution in [0.4, 0.5) is 10.8 Å². The molecule has 0 radical (unpaired) electrons. The van der Waals surface area contributed by atoms with E-state index in [0.717, 1.165) is 11.3 Å². The van der Waals surface area contributed by atoms with E-state index < -0.39 is 11.9 Å². The average molecular weight is 305 g/mol. The number of aromatic nitrogens is 1. The fourth-order valence-electron chi connectivity index (χ4n) is 1.48. The number of rotatable bonds is 4.